The van der Waals surface area contributed by atoms with Crippen LogP contribution in [0.2, 0.25) is 0 Å². The zero-order valence-corrected chi connectivity index (χ0v) is 17.1. The SMILES string of the molecule is CCCOc1ccc(C2CCC(CCCc3ccccc3)OC2S)c(F)c1F. The first kappa shape index (κ1) is 21.1. The minimum Gasteiger partial charge on any atom is -0.490 e. The maximum atomic E-state index is 14.6. The van der Waals surface area contributed by atoms with Gasteiger partial charge in [0.25, 0.3) is 0 Å². The van der Waals surface area contributed by atoms with Crippen LogP contribution in [-0.2, 0) is 11.2 Å². The second-order valence-electron chi connectivity index (χ2n) is 7.34. The molecule has 2 nitrogen and oxygen atoms in total. The van der Waals surface area contributed by atoms with Gasteiger partial charge < -0.3 is 9.47 Å². The zero-order valence-electron chi connectivity index (χ0n) is 16.2. The molecule has 3 unspecified atom stereocenters. The van der Waals surface area contributed by atoms with Gasteiger partial charge in [-0.15, -0.1) is 12.6 Å². The predicted molar refractivity (Wildman–Crippen MR) is 111 cm³/mol. The second-order valence-corrected chi connectivity index (χ2v) is 7.85. The van der Waals surface area contributed by atoms with Crippen molar-refractivity contribution in [2.24, 2.45) is 0 Å². The number of benzene rings is 2. The van der Waals surface area contributed by atoms with Crippen molar-refractivity contribution < 1.29 is 18.3 Å². The van der Waals surface area contributed by atoms with Gasteiger partial charge in [0.1, 0.15) is 5.44 Å². The van der Waals surface area contributed by atoms with E-state index in [1.165, 1.54) is 11.6 Å². The summed E-state index contributed by atoms with van der Waals surface area (Å²) in [5.74, 6) is -2.06. The molecule has 0 saturated carbocycles. The summed E-state index contributed by atoms with van der Waals surface area (Å²) >= 11 is 4.54. The average molecular weight is 407 g/mol. The molecule has 0 aliphatic carbocycles. The summed E-state index contributed by atoms with van der Waals surface area (Å²) in [7, 11) is 0. The zero-order chi connectivity index (χ0) is 19.9. The van der Waals surface area contributed by atoms with Gasteiger partial charge in [0, 0.05) is 5.92 Å². The van der Waals surface area contributed by atoms with Crippen molar-refractivity contribution in [3.63, 3.8) is 0 Å². The van der Waals surface area contributed by atoms with Crippen LogP contribution in [0.15, 0.2) is 42.5 Å². The number of halogens is 2. The summed E-state index contributed by atoms with van der Waals surface area (Å²) in [5, 5.41) is 0. The Balaban J connectivity index is 1.55. The van der Waals surface area contributed by atoms with Gasteiger partial charge in [-0.1, -0.05) is 43.3 Å². The van der Waals surface area contributed by atoms with Crippen LogP contribution in [-0.4, -0.2) is 18.1 Å². The standard InChI is InChI=1S/C23H28F2O2S/c1-2-15-26-20-14-13-18(21(24)22(20)25)19-12-11-17(27-23(19)28)10-6-9-16-7-4-3-5-8-16/h3-5,7-8,13-14,17,19,23,28H,2,6,9-12,15H2,1H3. The highest BCUT2D eigenvalue weighted by Gasteiger charge is 2.32. The minimum absolute atomic E-state index is 0.0330. The Morgan fingerprint density at radius 3 is 2.57 bits per heavy atom. The van der Waals surface area contributed by atoms with Crippen LogP contribution in [0.1, 0.15) is 56.1 Å². The highest BCUT2D eigenvalue weighted by atomic mass is 32.1. The first-order chi connectivity index (χ1) is 13.6. The van der Waals surface area contributed by atoms with Crippen LogP contribution in [0, 0.1) is 11.6 Å². The molecule has 0 N–H and O–H groups in total. The smallest absolute Gasteiger partial charge is 0.200 e. The Kier molecular flexibility index (Phi) is 7.74. The molecule has 28 heavy (non-hydrogen) atoms. The van der Waals surface area contributed by atoms with Crippen molar-refractivity contribution in [2.75, 3.05) is 6.61 Å². The van der Waals surface area contributed by atoms with E-state index in [2.05, 4.69) is 24.8 Å². The number of thiol groups is 1. The van der Waals surface area contributed by atoms with E-state index in [1.807, 2.05) is 25.1 Å². The van der Waals surface area contributed by atoms with Crippen LogP contribution in [0.25, 0.3) is 0 Å². The molecule has 1 saturated heterocycles. The first-order valence-electron chi connectivity index (χ1n) is 10.1. The van der Waals surface area contributed by atoms with Gasteiger partial charge in [0.15, 0.2) is 11.6 Å². The van der Waals surface area contributed by atoms with Crippen molar-refractivity contribution in [3.05, 3.63) is 65.2 Å². The van der Waals surface area contributed by atoms with E-state index < -0.39 is 17.1 Å². The molecule has 5 heteroatoms. The number of rotatable bonds is 8. The Morgan fingerprint density at radius 1 is 1.07 bits per heavy atom. The topological polar surface area (TPSA) is 18.5 Å². The summed E-state index contributed by atoms with van der Waals surface area (Å²) in [5.41, 5.74) is 1.21. The minimum atomic E-state index is -0.920. The maximum absolute atomic E-state index is 14.6. The van der Waals surface area contributed by atoms with E-state index in [9.17, 15) is 8.78 Å². The van der Waals surface area contributed by atoms with E-state index in [0.717, 1.165) is 38.5 Å². The first-order valence-corrected chi connectivity index (χ1v) is 10.6. The number of aryl methyl sites for hydroxylation is 1. The molecule has 0 aromatic heterocycles. The second kappa shape index (κ2) is 10.3. The molecule has 1 aliphatic heterocycles. The van der Waals surface area contributed by atoms with E-state index in [4.69, 9.17) is 9.47 Å². The van der Waals surface area contributed by atoms with Crippen LogP contribution < -0.4 is 4.74 Å². The molecule has 2 aromatic rings. The molecule has 0 spiro atoms. The van der Waals surface area contributed by atoms with Gasteiger partial charge in [-0.05, 0) is 55.7 Å². The van der Waals surface area contributed by atoms with Crippen molar-refractivity contribution in [3.8, 4) is 5.75 Å². The van der Waals surface area contributed by atoms with E-state index in [-0.39, 0.29) is 17.8 Å². The third-order valence-electron chi connectivity index (χ3n) is 5.25. The molecule has 152 valence electrons. The Morgan fingerprint density at radius 2 is 1.86 bits per heavy atom. The molecule has 1 fully saturated rings. The summed E-state index contributed by atoms with van der Waals surface area (Å²) in [6.45, 7) is 2.28. The lowest BCUT2D eigenvalue weighted by molar-refractivity contribution is -0.0211. The molecule has 1 heterocycles. The number of ether oxygens (including phenoxy) is 2. The van der Waals surface area contributed by atoms with E-state index in [0.29, 0.717) is 12.2 Å². The Labute approximate surface area is 171 Å². The number of hydrogen-bond acceptors (Lipinski definition) is 3. The molecule has 3 atom stereocenters. The summed E-state index contributed by atoms with van der Waals surface area (Å²) < 4.78 is 40.2. The quantitative estimate of drug-likeness (QED) is 0.519. The molecule has 3 rings (SSSR count). The molecule has 0 bridgehead atoms. The summed E-state index contributed by atoms with van der Waals surface area (Å²) in [4.78, 5) is 0. The van der Waals surface area contributed by atoms with Gasteiger partial charge in [0.05, 0.1) is 12.7 Å². The molecule has 1 aliphatic rings. The van der Waals surface area contributed by atoms with Crippen molar-refractivity contribution >= 4 is 12.6 Å². The molecule has 0 radical (unpaired) electrons. The maximum Gasteiger partial charge on any atom is 0.200 e. The lowest BCUT2D eigenvalue weighted by atomic mass is 9.89. The fraction of sp³-hybridized carbons (Fsp3) is 0.478. The van der Waals surface area contributed by atoms with Gasteiger partial charge in [-0.2, -0.15) is 4.39 Å². The van der Waals surface area contributed by atoms with Crippen LogP contribution >= 0.6 is 12.6 Å². The fourth-order valence-electron chi connectivity index (χ4n) is 3.72. The lowest BCUT2D eigenvalue weighted by Gasteiger charge is -2.34. The normalized spacial score (nSPS) is 22.2. The molecule has 2 aromatic carbocycles. The predicted octanol–water partition coefficient (Wildman–Crippen LogP) is 6.30. The highest BCUT2D eigenvalue weighted by Crippen LogP contribution is 2.39. The van der Waals surface area contributed by atoms with Gasteiger partial charge in [0.2, 0.25) is 5.82 Å². The van der Waals surface area contributed by atoms with Crippen molar-refractivity contribution in [1.29, 1.82) is 0 Å². The van der Waals surface area contributed by atoms with Gasteiger partial charge in [-0.25, -0.2) is 4.39 Å². The summed E-state index contributed by atoms with van der Waals surface area (Å²) in [6, 6.07) is 13.5. The summed E-state index contributed by atoms with van der Waals surface area (Å²) in [6.07, 6.45) is 5.40. The van der Waals surface area contributed by atoms with Crippen molar-refractivity contribution in [2.45, 2.75) is 62.9 Å². The van der Waals surface area contributed by atoms with Crippen LogP contribution in [0.5, 0.6) is 5.75 Å². The van der Waals surface area contributed by atoms with Crippen molar-refractivity contribution in [1.82, 2.24) is 0 Å². The van der Waals surface area contributed by atoms with Gasteiger partial charge in [-0.3, -0.25) is 0 Å². The molecular weight excluding hydrogens is 378 g/mol. The van der Waals surface area contributed by atoms with Crippen LogP contribution in [0.3, 0.4) is 0 Å². The van der Waals surface area contributed by atoms with E-state index in [1.54, 1.807) is 6.07 Å². The molecule has 0 amide bonds. The number of hydrogen-bond donors (Lipinski definition) is 1. The third-order valence-corrected chi connectivity index (χ3v) is 5.73. The van der Waals surface area contributed by atoms with E-state index >= 15 is 0 Å². The highest BCUT2D eigenvalue weighted by molar-refractivity contribution is 7.80. The van der Waals surface area contributed by atoms with Gasteiger partial charge >= 0.3 is 0 Å². The monoisotopic (exact) mass is 406 g/mol. The van der Waals surface area contributed by atoms with Crippen LogP contribution in [0.4, 0.5) is 8.78 Å². The lowest BCUT2D eigenvalue weighted by Crippen LogP contribution is -2.31. The Hall–Kier alpha value is -1.59. The fourth-order valence-corrected chi connectivity index (χ4v) is 4.21. The molecular formula is C23H28F2O2S. The largest absolute Gasteiger partial charge is 0.490 e. The Bertz CT molecular complexity index is 754. The third kappa shape index (κ3) is 5.26. The average Bonchev–Trinajstić information content (AvgIpc) is 2.71.